The number of fused-ring (bicyclic) bond motifs is 3. The van der Waals surface area contributed by atoms with Gasteiger partial charge in [0.25, 0.3) is 5.91 Å². The Labute approximate surface area is 186 Å². The Morgan fingerprint density at radius 2 is 2.00 bits per heavy atom. The Kier molecular flexibility index (Phi) is 9.38. The van der Waals surface area contributed by atoms with Gasteiger partial charge in [-0.25, -0.2) is 0 Å². The number of nitrogens with one attached hydrogen (secondary N) is 1. The van der Waals surface area contributed by atoms with Crippen LogP contribution in [0.2, 0.25) is 0 Å². The molecule has 0 aromatic heterocycles. The van der Waals surface area contributed by atoms with Crippen LogP contribution in [0.15, 0.2) is 42.5 Å². The number of amides is 1. The summed E-state index contributed by atoms with van der Waals surface area (Å²) < 4.78 is 11.2. The summed E-state index contributed by atoms with van der Waals surface area (Å²) in [6.45, 7) is 7.21. The summed E-state index contributed by atoms with van der Waals surface area (Å²) in [7, 11) is 1.63. The molecule has 1 aliphatic heterocycles. The zero-order valence-corrected chi connectivity index (χ0v) is 19.0. The molecule has 2 aromatic carbocycles. The molecule has 1 heterocycles. The highest BCUT2D eigenvalue weighted by Gasteiger charge is 2.13. The van der Waals surface area contributed by atoms with Gasteiger partial charge in [-0.1, -0.05) is 31.2 Å². The molecular formula is C26H36N2O3. The molecule has 1 amide bonds. The predicted octanol–water partition coefficient (Wildman–Crippen LogP) is 4.43. The molecule has 5 nitrogen and oxygen atoms in total. The fraction of sp³-hybridized carbons (Fsp3) is 0.500. The van der Waals surface area contributed by atoms with Crippen molar-refractivity contribution in [2.24, 2.45) is 0 Å². The van der Waals surface area contributed by atoms with Crippen molar-refractivity contribution >= 4 is 5.91 Å². The highest BCUT2D eigenvalue weighted by Crippen LogP contribution is 2.25. The fourth-order valence-corrected chi connectivity index (χ4v) is 4.07. The first-order chi connectivity index (χ1) is 15.2. The molecule has 0 saturated heterocycles. The van der Waals surface area contributed by atoms with Gasteiger partial charge in [-0.2, -0.15) is 0 Å². The lowest BCUT2D eigenvalue weighted by atomic mass is 9.99. The Bertz CT molecular complexity index is 837. The Balaban J connectivity index is 1.84. The number of hydrogen-bond acceptors (Lipinski definition) is 4. The highest BCUT2D eigenvalue weighted by molar-refractivity contribution is 5.94. The van der Waals surface area contributed by atoms with Gasteiger partial charge in [0.2, 0.25) is 0 Å². The molecular weight excluding hydrogens is 388 g/mol. The van der Waals surface area contributed by atoms with Gasteiger partial charge < -0.3 is 14.8 Å². The molecule has 0 aliphatic carbocycles. The van der Waals surface area contributed by atoms with E-state index in [0.29, 0.717) is 25.3 Å². The van der Waals surface area contributed by atoms with Gasteiger partial charge in [-0.3, -0.25) is 9.69 Å². The third kappa shape index (κ3) is 7.37. The number of hydrogen-bond donors (Lipinski definition) is 1. The summed E-state index contributed by atoms with van der Waals surface area (Å²) in [5.74, 6) is 0.798. The lowest BCUT2D eigenvalue weighted by molar-refractivity contribution is 0.0937. The van der Waals surface area contributed by atoms with Crippen molar-refractivity contribution in [1.82, 2.24) is 10.2 Å². The maximum atomic E-state index is 12.5. The zero-order valence-electron chi connectivity index (χ0n) is 19.0. The molecule has 3 rings (SSSR count). The van der Waals surface area contributed by atoms with E-state index in [9.17, 15) is 4.79 Å². The quantitative estimate of drug-likeness (QED) is 0.697. The summed E-state index contributed by atoms with van der Waals surface area (Å²) in [5.41, 5.74) is 4.30. The minimum atomic E-state index is -0.0804. The van der Waals surface area contributed by atoms with Gasteiger partial charge in [0.05, 0.1) is 13.2 Å². The van der Waals surface area contributed by atoms with Crippen molar-refractivity contribution in [3.63, 3.8) is 0 Å². The molecule has 5 heteroatoms. The van der Waals surface area contributed by atoms with Crippen LogP contribution in [0.4, 0.5) is 0 Å². The first-order valence-electron chi connectivity index (χ1n) is 11.5. The molecule has 168 valence electrons. The molecule has 0 fully saturated rings. The zero-order chi connectivity index (χ0) is 21.9. The smallest absolute Gasteiger partial charge is 0.251 e. The molecule has 0 spiro atoms. The van der Waals surface area contributed by atoms with Gasteiger partial charge in [-0.05, 0) is 73.7 Å². The Morgan fingerprint density at radius 1 is 1.13 bits per heavy atom. The van der Waals surface area contributed by atoms with Crippen molar-refractivity contribution in [2.45, 2.75) is 45.6 Å². The highest BCUT2D eigenvalue weighted by atomic mass is 16.5. The normalized spacial score (nSPS) is 15.4. The third-order valence-electron chi connectivity index (χ3n) is 5.62. The third-order valence-corrected chi connectivity index (χ3v) is 5.62. The molecule has 0 unspecified atom stereocenters. The number of rotatable bonds is 6. The SMILES string of the molecule is CCCN1CCCCCOc2ccc(C(=O)NCCOC)cc2Cc2cccc(c2)C1. The molecule has 31 heavy (non-hydrogen) atoms. The van der Waals surface area contributed by atoms with E-state index in [2.05, 4.69) is 41.4 Å². The van der Waals surface area contributed by atoms with Crippen LogP contribution in [0, 0.1) is 0 Å². The largest absolute Gasteiger partial charge is 0.493 e. The van der Waals surface area contributed by atoms with Crippen LogP contribution in [0.3, 0.4) is 0 Å². The van der Waals surface area contributed by atoms with Crippen molar-refractivity contribution in [3.05, 3.63) is 64.7 Å². The molecule has 2 bridgehead atoms. The van der Waals surface area contributed by atoms with E-state index in [1.807, 2.05) is 18.2 Å². The van der Waals surface area contributed by atoms with Crippen LogP contribution in [0.1, 0.15) is 59.7 Å². The number of carbonyl (C=O) groups is 1. The summed E-state index contributed by atoms with van der Waals surface area (Å²) >= 11 is 0. The van der Waals surface area contributed by atoms with E-state index >= 15 is 0 Å². The van der Waals surface area contributed by atoms with Gasteiger partial charge in [-0.15, -0.1) is 0 Å². The number of benzene rings is 2. The fourth-order valence-electron chi connectivity index (χ4n) is 4.07. The maximum absolute atomic E-state index is 12.5. The second kappa shape index (κ2) is 12.5. The first-order valence-corrected chi connectivity index (χ1v) is 11.5. The number of ether oxygens (including phenoxy) is 2. The average molecular weight is 425 g/mol. The monoisotopic (exact) mass is 424 g/mol. The molecule has 1 N–H and O–H groups in total. The predicted molar refractivity (Wildman–Crippen MR) is 125 cm³/mol. The van der Waals surface area contributed by atoms with Gasteiger partial charge in [0, 0.05) is 32.2 Å². The lowest BCUT2D eigenvalue weighted by Crippen LogP contribution is -2.27. The number of nitrogens with zero attached hydrogens (tertiary/aromatic N) is 1. The summed E-state index contributed by atoms with van der Waals surface area (Å²) in [6, 6.07) is 14.6. The minimum Gasteiger partial charge on any atom is -0.493 e. The van der Waals surface area contributed by atoms with Crippen LogP contribution >= 0.6 is 0 Å². The topological polar surface area (TPSA) is 50.8 Å². The molecule has 0 atom stereocenters. The van der Waals surface area contributed by atoms with Crippen LogP contribution in [0.5, 0.6) is 5.75 Å². The van der Waals surface area contributed by atoms with Crippen molar-refractivity contribution in [2.75, 3.05) is 40.0 Å². The minimum absolute atomic E-state index is 0.0804. The van der Waals surface area contributed by atoms with Gasteiger partial charge in [0.1, 0.15) is 5.75 Å². The van der Waals surface area contributed by atoms with E-state index in [-0.39, 0.29) is 5.91 Å². The van der Waals surface area contributed by atoms with Crippen molar-refractivity contribution < 1.29 is 14.3 Å². The van der Waals surface area contributed by atoms with E-state index in [1.54, 1.807) is 7.11 Å². The van der Waals surface area contributed by atoms with Crippen LogP contribution in [-0.4, -0.2) is 50.8 Å². The number of methoxy groups -OCH3 is 1. The maximum Gasteiger partial charge on any atom is 0.251 e. The van der Waals surface area contributed by atoms with E-state index < -0.39 is 0 Å². The Hall–Kier alpha value is -2.37. The lowest BCUT2D eigenvalue weighted by Gasteiger charge is -2.22. The van der Waals surface area contributed by atoms with E-state index in [1.165, 1.54) is 24.0 Å². The summed E-state index contributed by atoms with van der Waals surface area (Å²) in [5, 5.41) is 2.90. The average Bonchev–Trinajstić information content (AvgIpc) is 2.77. The van der Waals surface area contributed by atoms with Crippen molar-refractivity contribution in [3.8, 4) is 5.75 Å². The van der Waals surface area contributed by atoms with Crippen LogP contribution in [0.25, 0.3) is 0 Å². The van der Waals surface area contributed by atoms with Gasteiger partial charge in [0.15, 0.2) is 0 Å². The van der Waals surface area contributed by atoms with E-state index in [0.717, 1.165) is 50.2 Å². The molecule has 0 saturated carbocycles. The van der Waals surface area contributed by atoms with Crippen LogP contribution < -0.4 is 10.1 Å². The summed E-state index contributed by atoms with van der Waals surface area (Å²) in [4.78, 5) is 15.1. The van der Waals surface area contributed by atoms with Gasteiger partial charge >= 0.3 is 0 Å². The number of carbonyl (C=O) groups excluding carboxylic acids is 1. The second-order valence-electron chi connectivity index (χ2n) is 8.25. The summed E-state index contributed by atoms with van der Waals surface area (Å²) in [6.07, 6.45) is 5.32. The Morgan fingerprint density at radius 3 is 2.84 bits per heavy atom. The molecule has 0 radical (unpaired) electrons. The first kappa shape index (κ1) is 23.3. The molecule has 2 aromatic rings. The van der Waals surface area contributed by atoms with Crippen LogP contribution in [-0.2, 0) is 17.7 Å². The van der Waals surface area contributed by atoms with Crippen molar-refractivity contribution in [1.29, 1.82) is 0 Å². The molecule has 1 aliphatic rings. The standard InChI is InChI=1S/C26H36N2O3/c1-3-13-28-14-5-4-6-15-31-25-11-10-23(26(29)27-12-16-30-2)19-24(25)18-21-8-7-9-22(17-21)20-28/h7-11,17,19H,3-6,12-16,18,20H2,1-2H3,(H,27,29). The second-order valence-corrected chi connectivity index (χ2v) is 8.25. The van der Waals surface area contributed by atoms with E-state index in [4.69, 9.17) is 9.47 Å².